The lowest BCUT2D eigenvalue weighted by molar-refractivity contribution is 0.299. The number of aromatic nitrogens is 4. The van der Waals surface area contributed by atoms with E-state index in [1.165, 1.54) is 25.7 Å². The maximum Gasteiger partial charge on any atom is 0.203 e. The number of anilines is 1. The average Bonchev–Trinajstić information content (AvgIpc) is 3.04. The highest BCUT2D eigenvalue weighted by Crippen LogP contribution is 2.38. The maximum absolute atomic E-state index is 4.52. The third kappa shape index (κ3) is 1.50. The molecule has 0 amide bonds. The highest BCUT2D eigenvalue weighted by Gasteiger charge is 2.35. The van der Waals surface area contributed by atoms with Gasteiger partial charge in [-0.1, -0.05) is 12.8 Å². The molecule has 2 atom stereocenters. The molecule has 5 heteroatoms. The van der Waals surface area contributed by atoms with Crippen LogP contribution in [0.4, 0.5) is 5.82 Å². The number of hydrogen-bond donors (Lipinski definition) is 0. The van der Waals surface area contributed by atoms with Gasteiger partial charge in [-0.15, -0.1) is 10.2 Å². The second-order valence-electron chi connectivity index (χ2n) is 5.52. The van der Waals surface area contributed by atoms with Crippen LogP contribution in [0.5, 0.6) is 0 Å². The maximum atomic E-state index is 4.52. The van der Waals surface area contributed by atoms with Crippen LogP contribution in [-0.2, 0) is 0 Å². The Labute approximate surface area is 106 Å². The van der Waals surface area contributed by atoms with E-state index in [4.69, 9.17) is 0 Å². The van der Waals surface area contributed by atoms with E-state index in [0.717, 1.165) is 36.4 Å². The molecule has 0 aromatic carbocycles. The molecule has 5 nitrogen and oxygen atoms in total. The largest absolute Gasteiger partial charge is 0.353 e. The fourth-order valence-corrected chi connectivity index (χ4v) is 3.55. The van der Waals surface area contributed by atoms with Gasteiger partial charge in [-0.25, -0.2) is 4.98 Å². The van der Waals surface area contributed by atoms with Crippen LogP contribution in [0.15, 0.2) is 18.7 Å². The lowest BCUT2D eigenvalue weighted by atomic mass is 9.82. The predicted molar refractivity (Wildman–Crippen MR) is 68.4 cm³/mol. The zero-order chi connectivity index (χ0) is 11.9. The normalized spacial score (nSPS) is 27.7. The van der Waals surface area contributed by atoms with Crippen LogP contribution in [0.3, 0.4) is 0 Å². The first-order chi connectivity index (χ1) is 8.92. The van der Waals surface area contributed by atoms with Crippen LogP contribution < -0.4 is 4.90 Å². The third-order valence-corrected chi connectivity index (χ3v) is 4.47. The summed E-state index contributed by atoms with van der Waals surface area (Å²) in [6.07, 6.45) is 11.1. The van der Waals surface area contributed by atoms with E-state index in [-0.39, 0.29) is 0 Å². The molecule has 2 aromatic rings. The Morgan fingerprint density at radius 2 is 1.89 bits per heavy atom. The average molecular weight is 243 g/mol. The van der Waals surface area contributed by atoms with Crippen LogP contribution in [-0.4, -0.2) is 32.7 Å². The first kappa shape index (κ1) is 10.3. The van der Waals surface area contributed by atoms with E-state index in [1.807, 2.05) is 16.8 Å². The first-order valence-electron chi connectivity index (χ1n) is 6.81. The van der Waals surface area contributed by atoms with Crippen molar-refractivity contribution in [3.63, 3.8) is 0 Å². The van der Waals surface area contributed by atoms with Crippen LogP contribution >= 0.6 is 0 Å². The summed E-state index contributed by atoms with van der Waals surface area (Å²) in [6, 6.07) is 0. The molecule has 2 aliphatic rings. The Hall–Kier alpha value is -1.65. The molecule has 0 spiro atoms. The van der Waals surface area contributed by atoms with E-state index < -0.39 is 0 Å². The van der Waals surface area contributed by atoms with Crippen LogP contribution in [0.1, 0.15) is 25.7 Å². The Balaban J connectivity index is 1.69. The van der Waals surface area contributed by atoms with Gasteiger partial charge in [0.25, 0.3) is 0 Å². The van der Waals surface area contributed by atoms with Gasteiger partial charge in [0, 0.05) is 25.5 Å². The van der Waals surface area contributed by atoms with E-state index in [2.05, 4.69) is 20.1 Å². The summed E-state index contributed by atoms with van der Waals surface area (Å²) in [5.41, 5.74) is 0.885. The molecule has 0 bridgehead atoms. The smallest absolute Gasteiger partial charge is 0.203 e. The quantitative estimate of drug-likeness (QED) is 0.765. The van der Waals surface area contributed by atoms with Crippen molar-refractivity contribution in [1.82, 2.24) is 19.6 Å². The van der Waals surface area contributed by atoms with E-state index >= 15 is 0 Å². The van der Waals surface area contributed by atoms with Gasteiger partial charge in [0.15, 0.2) is 5.82 Å². The van der Waals surface area contributed by atoms with Gasteiger partial charge < -0.3 is 4.90 Å². The van der Waals surface area contributed by atoms with Crippen molar-refractivity contribution in [2.24, 2.45) is 11.8 Å². The Morgan fingerprint density at radius 3 is 2.67 bits per heavy atom. The predicted octanol–water partition coefficient (Wildman–Crippen LogP) is 1.75. The zero-order valence-electron chi connectivity index (χ0n) is 10.4. The molecule has 0 radical (unpaired) electrons. The second kappa shape index (κ2) is 3.93. The van der Waals surface area contributed by atoms with Crippen LogP contribution in [0, 0.1) is 11.8 Å². The summed E-state index contributed by atoms with van der Waals surface area (Å²) in [4.78, 5) is 6.93. The van der Waals surface area contributed by atoms with E-state index in [1.54, 1.807) is 6.33 Å². The van der Waals surface area contributed by atoms with Gasteiger partial charge in [-0.05, 0) is 24.7 Å². The summed E-state index contributed by atoms with van der Waals surface area (Å²) in [7, 11) is 0. The molecule has 1 saturated carbocycles. The fourth-order valence-electron chi connectivity index (χ4n) is 3.55. The summed E-state index contributed by atoms with van der Waals surface area (Å²) in [5, 5.41) is 8.16. The minimum Gasteiger partial charge on any atom is -0.353 e. The number of hydrogen-bond acceptors (Lipinski definition) is 4. The Kier molecular flexibility index (Phi) is 2.25. The van der Waals surface area contributed by atoms with Gasteiger partial charge in [0.05, 0.1) is 0 Å². The zero-order valence-corrected chi connectivity index (χ0v) is 10.4. The minimum atomic E-state index is 0.865. The van der Waals surface area contributed by atoms with E-state index in [0.29, 0.717) is 0 Å². The number of fused-ring (bicyclic) bond motifs is 2. The fraction of sp³-hybridized carbons (Fsp3) is 0.615. The molecule has 3 heterocycles. The van der Waals surface area contributed by atoms with Crippen molar-refractivity contribution in [2.45, 2.75) is 25.7 Å². The third-order valence-electron chi connectivity index (χ3n) is 4.47. The monoisotopic (exact) mass is 243 g/mol. The summed E-state index contributed by atoms with van der Waals surface area (Å²) in [5.74, 6) is 2.73. The van der Waals surface area contributed by atoms with Crippen molar-refractivity contribution in [1.29, 1.82) is 0 Å². The molecule has 94 valence electrons. The highest BCUT2D eigenvalue weighted by atomic mass is 15.3. The molecule has 1 aliphatic carbocycles. The Bertz CT molecular complexity index is 549. The molecule has 18 heavy (non-hydrogen) atoms. The van der Waals surface area contributed by atoms with Crippen molar-refractivity contribution < 1.29 is 0 Å². The molecule has 2 aromatic heterocycles. The summed E-state index contributed by atoms with van der Waals surface area (Å²) < 4.78 is 1.95. The summed E-state index contributed by atoms with van der Waals surface area (Å²) >= 11 is 0. The van der Waals surface area contributed by atoms with Crippen molar-refractivity contribution in [2.75, 3.05) is 18.0 Å². The van der Waals surface area contributed by atoms with Gasteiger partial charge in [-0.3, -0.25) is 4.40 Å². The van der Waals surface area contributed by atoms with Gasteiger partial charge >= 0.3 is 0 Å². The van der Waals surface area contributed by atoms with E-state index in [9.17, 15) is 0 Å². The van der Waals surface area contributed by atoms with Gasteiger partial charge in [0.1, 0.15) is 6.33 Å². The minimum absolute atomic E-state index is 0.865. The van der Waals surface area contributed by atoms with Gasteiger partial charge in [0.2, 0.25) is 5.65 Å². The van der Waals surface area contributed by atoms with Crippen molar-refractivity contribution in [3.8, 4) is 0 Å². The molecule has 1 aliphatic heterocycles. The molecular formula is C13H17N5. The lowest BCUT2D eigenvalue weighted by Crippen LogP contribution is -2.21. The molecule has 1 saturated heterocycles. The number of nitrogens with zero attached hydrogens (tertiary/aromatic N) is 5. The topological polar surface area (TPSA) is 46.3 Å². The molecule has 2 unspecified atom stereocenters. The summed E-state index contributed by atoms with van der Waals surface area (Å²) in [6.45, 7) is 2.29. The van der Waals surface area contributed by atoms with Crippen LogP contribution in [0.25, 0.3) is 5.65 Å². The highest BCUT2D eigenvalue weighted by molar-refractivity contribution is 5.63. The molecule has 4 rings (SSSR count). The van der Waals surface area contributed by atoms with Crippen molar-refractivity contribution in [3.05, 3.63) is 18.7 Å². The first-order valence-corrected chi connectivity index (χ1v) is 6.81. The van der Waals surface area contributed by atoms with Crippen LogP contribution in [0.2, 0.25) is 0 Å². The van der Waals surface area contributed by atoms with Crippen molar-refractivity contribution >= 4 is 11.5 Å². The Morgan fingerprint density at radius 1 is 1.11 bits per heavy atom. The van der Waals surface area contributed by atoms with Gasteiger partial charge in [-0.2, -0.15) is 0 Å². The second-order valence-corrected chi connectivity index (χ2v) is 5.52. The SMILES string of the molecule is c1cn2cnnc2c(N2CC3CCCCC3C2)n1. The molecule has 0 N–H and O–H groups in total. The molecular weight excluding hydrogens is 226 g/mol. The molecule has 2 fully saturated rings. The standard InChI is InChI=1S/C13H17N5/c1-2-4-11-8-18(7-10(11)3-1)12-13-16-15-9-17(13)6-5-14-12/h5-6,9-11H,1-4,7-8H2. The lowest BCUT2D eigenvalue weighted by Gasteiger charge is -2.22. The number of rotatable bonds is 1.